The molecule has 0 radical (unpaired) electrons. The van der Waals surface area contributed by atoms with Crippen molar-refractivity contribution in [2.45, 2.75) is 426 Å². The molecule has 0 aromatic heterocycles. The highest BCUT2D eigenvalue weighted by Crippen LogP contribution is 2.45. The van der Waals surface area contributed by atoms with E-state index in [-0.39, 0.29) is 25.7 Å². The minimum atomic E-state index is -4.96. The maximum Gasteiger partial charge on any atom is 0.472 e. The Morgan fingerprint density at radius 2 is 0.474 bits per heavy atom. The van der Waals surface area contributed by atoms with Gasteiger partial charge in [0, 0.05) is 25.7 Å². The summed E-state index contributed by atoms with van der Waals surface area (Å²) in [4.78, 5) is 72.9. The van der Waals surface area contributed by atoms with E-state index in [9.17, 15) is 43.2 Å². The van der Waals surface area contributed by atoms with Crippen LogP contribution in [-0.4, -0.2) is 96.7 Å². The lowest BCUT2D eigenvalue weighted by atomic mass is 10.0. The van der Waals surface area contributed by atoms with E-state index in [4.69, 9.17) is 37.0 Å². The summed E-state index contributed by atoms with van der Waals surface area (Å²) in [6.45, 7) is 9.64. The molecule has 19 heteroatoms. The topological polar surface area (TPSA) is 237 Å². The smallest absolute Gasteiger partial charge is 0.462 e. The third kappa shape index (κ3) is 72.2. The molecule has 17 nitrogen and oxygen atoms in total. The predicted octanol–water partition coefficient (Wildman–Crippen LogP) is 23.1. The lowest BCUT2D eigenvalue weighted by Crippen LogP contribution is -2.30. The van der Waals surface area contributed by atoms with E-state index in [2.05, 4.69) is 41.5 Å². The second kappa shape index (κ2) is 69.8. The molecule has 0 aliphatic rings. The Morgan fingerprint density at radius 1 is 0.278 bits per heavy atom. The molecule has 97 heavy (non-hydrogen) atoms. The zero-order valence-corrected chi connectivity index (χ0v) is 65.2. The number of carbonyl (C=O) groups is 4. The van der Waals surface area contributed by atoms with Gasteiger partial charge < -0.3 is 33.8 Å². The number of rotatable bonds is 77. The average Bonchev–Trinajstić information content (AvgIpc) is 1.04. The van der Waals surface area contributed by atoms with Crippen molar-refractivity contribution in [2.75, 3.05) is 39.6 Å². The highest BCUT2D eigenvalue weighted by atomic mass is 31.2. The summed E-state index contributed by atoms with van der Waals surface area (Å²) in [5, 5.41) is 10.6. The normalized spacial score (nSPS) is 14.0. The summed E-state index contributed by atoms with van der Waals surface area (Å²) in [7, 11) is -9.91. The van der Waals surface area contributed by atoms with Gasteiger partial charge in [-0.2, -0.15) is 0 Å². The molecule has 0 heterocycles. The van der Waals surface area contributed by atoms with Crippen molar-refractivity contribution in [1.29, 1.82) is 0 Å². The summed E-state index contributed by atoms with van der Waals surface area (Å²) in [6, 6.07) is 0. The lowest BCUT2D eigenvalue weighted by molar-refractivity contribution is -0.161. The second-order valence-corrected chi connectivity index (χ2v) is 32.0. The number of carbonyl (C=O) groups excluding carboxylic acids is 4. The van der Waals surface area contributed by atoms with Gasteiger partial charge in [0.15, 0.2) is 12.2 Å². The van der Waals surface area contributed by atoms with Crippen molar-refractivity contribution in [1.82, 2.24) is 0 Å². The van der Waals surface area contributed by atoms with Gasteiger partial charge in [0.25, 0.3) is 0 Å². The van der Waals surface area contributed by atoms with E-state index >= 15 is 0 Å². The van der Waals surface area contributed by atoms with Crippen molar-refractivity contribution in [3.63, 3.8) is 0 Å². The Kier molecular flexibility index (Phi) is 68.4. The van der Waals surface area contributed by atoms with Gasteiger partial charge >= 0.3 is 39.5 Å². The molecule has 0 amide bonds. The highest BCUT2D eigenvalue weighted by molar-refractivity contribution is 7.47. The lowest BCUT2D eigenvalue weighted by Gasteiger charge is -2.21. The fraction of sp³-hybridized carbons (Fsp3) is 0.949. The van der Waals surface area contributed by atoms with Crippen LogP contribution in [0.4, 0.5) is 0 Å². The Labute approximate surface area is 594 Å². The minimum Gasteiger partial charge on any atom is -0.462 e. The molecule has 5 atom stereocenters. The molecular formula is C78H152O17P2. The number of phosphoric acid groups is 2. The first-order valence-corrected chi connectivity index (χ1v) is 43.5. The van der Waals surface area contributed by atoms with Gasteiger partial charge in [-0.15, -0.1) is 0 Å². The van der Waals surface area contributed by atoms with Crippen molar-refractivity contribution in [2.24, 2.45) is 11.8 Å². The Hall–Kier alpha value is -1.94. The molecule has 0 rings (SSSR count). The Balaban J connectivity index is 5.23. The standard InChI is InChI=1S/C78H152O17P2/c1-7-9-11-13-15-17-19-20-26-31-38-44-50-56-62-77(82)94-73(66-88-75(80)60-54-48-42-36-18-16-14-12-10-8-2)68-92-96(84,85)90-64-72(79)65-91-97(86,87)93-69-74(67-89-76(81)61-55-49-43-37-33-28-30-35-41-47-53-59-71(5)6)95-78(83)63-57-51-45-39-32-27-24-22-21-23-25-29-34-40-46-52-58-70(3)4/h70-74,79H,7-69H2,1-6H3,(H,84,85)(H,86,87)/t72-,73+,74+/m0/s1. The van der Waals surface area contributed by atoms with Crippen LogP contribution in [0.1, 0.15) is 408 Å². The zero-order valence-electron chi connectivity index (χ0n) is 63.4. The highest BCUT2D eigenvalue weighted by Gasteiger charge is 2.30. The molecule has 576 valence electrons. The van der Waals surface area contributed by atoms with Crippen LogP contribution in [0.5, 0.6) is 0 Å². The number of hydrogen-bond donors (Lipinski definition) is 3. The third-order valence-electron chi connectivity index (χ3n) is 18.2. The van der Waals surface area contributed by atoms with E-state index in [1.807, 2.05) is 0 Å². The number of hydrogen-bond acceptors (Lipinski definition) is 15. The largest absolute Gasteiger partial charge is 0.472 e. The van der Waals surface area contributed by atoms with Gasteiger partial charge in [-0.1, -0.05) is 356 Å². The van der Waals surface area contributed by atoms with Crippen LogP contribution in [0.3, 0.4) is 0 Å². The molecule has 0 fully saturated rings. The maximum atomic E-state index is 13.1. The molecule has 0 aromatic carbocycles. The first-order valence-electron chi connectivity index (χ1n) is 40.5. The SMILES string of the molecule is CCCCCCCCCCCCCCCCC(=O)O[C@H](COC(=O)CCCCCCCCCCCC)COP(=O)(O)OC[C@H](O)COP(=O)(O)OC[C@@H](COC(=O)CCCCCCCCCCCCCC(C)C)OC(=O)CCCCCCCCCCCCCCCCCCC(C)C. The summed E-state index contributed by atoms with van der Waals surface area (Å²) in [6.07, 6.45) is 58.1. The number of phosphoric ester groups is 2. The van der Waals surface area contributed by atoms with E-state index in [0.29, 0.717) is 25.7 Å². The second-order valence-electron chi connectivity index (χ2n) is 29.1. The number of aliphatic hydroxyl groups excluding tert-OH is 1. The fourth-order valence-corrected chi connectivity index (χ4v) is 13.6. The van der Waals surface area contributed by atoms with Gasteiger partial charge in [0.1, 0.15) is 19.3 Å². The van der Waals surface area contributed by atoms with Crippen LogP contribution in [0.2, 0.25) is 0 Å². The van der Waals surface area contributed by atoms with Crippen LogP contribution >= 0.6 is 15.6 Å². The van der Waals surface area contributed by atoms with Crippen LogP contribution in [0.15, 0.2) is 0 Å². The van der Waals surface area contributed by atoms with Crippen LogP contribution in [0, 0.1) is 11.8 Å². The van der Waals surface area contributed by atoms with Crippen molar-refractivity contribution in [3.8, 4) is 0 Å². The number of aliphatic hydroxyl groups is 1. The third-order valence-corrected chi connectivity index (χ3v) is 20.1. The molecule has 0 saturated heterocycles. The van der Waals surface area contributed by atoms with Crippen molar-refractivity contribution >= 4 is 39.5 Å². The van der Waals surface area contributed by atoms with Crippen LogP contribution < -0.4 is 0 Å². The number of unbranched alkanes of at least 4 members (excludes halogenated alkanes) is 47. The monoisotopic (exact) mass is 1420 g/mol. The summed E-state index contributed by atoms with van der Waals surface area (Å²) >= 11 is 0. The van der Waals surface area contributed by atoms with E-state index in [1.54, 1.807) is 0 Å². The van der Waals surface area contributed by atoms with Crippen molar-refractivity contribution < 1.29 is 80.2 Å². The van der Waals surface area contributed by atoms with Gasteiger partial charge in [0.05, 0.1) is 26.4 Å². The first-order chi connectivity index (χ1) is 46.9. The van der Waals surface area contributed by atoms with E-state index in [1.165, 1.54) is 225 Å². The zero-order chi connectivity index (χ0) is 71.4. The van der Waals surface area contributed by atoms with Crippen LogP contribution in [-0.2, 0) is 65.4 Å². The predicted molar refractivity (Wildman–Crippen MR) is 395 cm³/mol. The molecular weight excluding hydrogens is 1270 g/mol. The quantitative estimate of drug-likeness (QED) is 0.0222. The van der Waals surface area contributed by atoms with Gasteiger partial charge in [-0.3, -0.25) is 37.3 Å². The number of ether oxygens (including phenoxy) is 4. The Morgan fingerprint density at radius 3 is 0.701 bits per heavy atom. The maximum absolute atomic E-state index is 13.1. The number of esters is 4. The van der Waals surface area contributed by atoms with Gasteiger partial charge in [0.2, 0.25) is 0 Å². The molecule has 0 saturated carbocycles. The van der Waals surface area contributed by atoms with E-state index in [0.717, 1.165) is 102 Å². The average molecular weight is 1420 g/mol. The Bertz CT molecular complexity index is 1870. The molecule has 0 aliphatic heterocycles. The molecule has 0 bridgehead atoms. The van der Waals surface area contributed by atoms with Gasteiger partial charge in [-0.25, -0.2) is 9.13 Å². The van der Waals surface area contributed by atoms with E-state index < -0.39 is 97.5 Å². The summed E-state index contributed by atoms with van der Waals surface area (Å²) in [5.41, 5.74) is 0. The molecule has 0 aliphatic carbocycles. The van der Waals surface area contributed by atoms with Crippen LogP contribution in [0.25, 0.3) is 0 Å². The van der Waals surface area contributed by atoms with Gasteiger partial charge in [-0.05, 0) is 37.5 Å². The summed E-state index contributed by atoms with van der Waals surface area (Å²) < 4.78 is 68.6. The molecule has 3 N–H and O–H groups in total. The molecule has 0 spiro atoms. The molecule has 2 unspecified atom stereocenters. The minimum absolute atomic E-state index is 0.108. The van der Waals surface area contributed by atoms with Crippen molar-refractivity contribution in [3.05, 3.63) is 0 Å². The summed E-state index contributed by atoms with van der Waals surface area (Å²) in [5.74, 6) is -0.531. The molecule has 0 aromatic rings. The first kappa shape index (κ1) is 95.1. The fourth-order valence-electron chi connectivity index (χ4n) is 12.0.